The Bertz CT molecular complexity index is 146. The van der Waals surface area contributed by atoms with Crippen molar-refractivity contribution in [2.24, 2.45) is 5.92 Å². The van der Waals surface area contributed by atoms with Crippen molar-refractivity contribution in [2.45, 2.75) is 38.6 Å². The molecule has 13 heavy (non-hydrogen) atoms. The summed E-state index contributed by atoms with van der Waals surface area (Å²) in [6.07, 6.45) is 5.58. The third kappa shape index (κ3) is 2.44. The molecule has 0 aromatic rings. The van der Waals surface area contributed by atoms with Crippen molar-refractivity contribution >= 4 is 0 Å². The molecule has 2 heteroatoms. The summed E-state index contributed by atoms with van der Waals surface area (Å²) in [6.45, 7) is 7.57. The number of hydrogen-bond acceptors (Lipinski definition) is 2. The smallest absolute Gasteiger partial charge is 0.0195 e. The monoisotopic (exact) mass is 182 g/mol. The summed E-state index contributed by atoms with van der Waals surface area (Å²) in [7, 11) is 0. The zero-order valence-corrected chi connectivity index (χ0v) is 8.76. The van der Waals surface area contributed by atoms with E-state index in [2.05, 4.69) is 17.1 Å². The molecule has 0 bridgehead atoms. The number of hydrogen-bond donors (Lipinski definition) is 1. The molecule has 0 aromatic heterocycles. The Morgan fingerprint density at radius 1 is 1.31 bits per heavy atom. The quantitative estimate of drug-likeness (QED) is 0.711. The van der Waals surface area contributed by atoms with E-state index in [1.165, 1.54) is 51.9 Å². The Morgan fingerprint density at radius 3 is 2.77 bits per heavy atom. The van der Waals surface area contributed by atoms with Crippen LogP contribution in [0, 0.1) is 5.92 Å². The zero-order chi connectivity index (χ0) is 9.10. The average Bonchev–Trinajstić information content (AvgIpc) is 2.12. The van der Waals surface area contributed by atoms with Crippen LogP contribution in [0.5, 0.6) is 0 Å². The molecular formula is C11H22N2. The summed E-state index contributed by atoms with van der Waals surface area (Å²) >= 11 is 0. The van der Waals surface area contributed by atoms with Gasteiger partial charge in [-0.15, -0.1) is 0 Å². The highest BCUT2D eigenvalue weighted by atomic mass is 15.2. The molecule has 1 atom stereocenters. The molecule has 2 rings (SSSR count). The molecule has 2 aliphatic heterocycles. The van der Waals surface area contributed by atoms with Gasteiger partial charge in [-0.1, -0.05) is 19.8 Å². The standard InChI is InChI=1S/C11H22N2/c1-2-10-7-13(8-10)9-11-5-3-4-6-12-11/h10-12H,2-9H2,1H3. The van der Waals surface area contributed by atoms with Gasteiger partial charge in [-0.25, -0.2) is 0 Å². The molecule has 0 aromatic carbocycles. The number of nitrogens with one attached hydrogen (secondary N) is 1. The van der Waals surface area contributed by atoms with Crippen molar-refractivity contribution in [3.05, 3.63) is 0 Å². The summed E-state index contributed by atoms with van der Waals surface area (Å²) in [6, 6.07) is 0.798. The second-order valence-corrected chi connectivity index (χ2v) is 4.64. The van der Waals surface area contributed by atoms with E-state index in [0.29, 0.717) is 0 Å². The Morgan fingerprint density at radius 2 is 2.15 bits per heavy atom. The maximum absolute atomic E-state index is 3.61. The van der Waals surface area contributed by atoms with Gasteiger partial charge in [0.05, 0.1) is 0 Å². The predicted octanol–water partition coefficient (Wildman–Crippen LogP) is 1.47. The number of nitrogens with zero attached hydrogens (tertiary/aromatic N) is 1. The molecule has 2 saturated heterocycles. The van der Waals surface area contributed by atoms with Gasteiger partial charge in [0.15, 0.2) is 0 Å². The second-order valence-electron chi connectivity index (χ2n) is 4.64. The Balaban J connectivity index is 1.62. The molecule has 76 valence electrons. The predicted molar refractivity (Wildman–Crippen MR) is 55.9 cm³/mol. The first kappa shape index (κ1) is 9.47. The zero-order valence-electron chi connectivity index (χ0n) is 8.76. The molecule has 0 spiro atoms. The minimum atomic E-state index is 0.798. The molecule has 2 nitrogen and oxygen atoms in total. The number of piperidine rings is 1. The van der Waals surface area contributed by atoms with Crippen LogP contribution < -0.4 is 5.32 Å². The van der Waals surface area contributed by atoms with Crippen LogP contribution in [0.3, 0.4) is 0 Å². The first-order valence-electron chi connectivity index (χ1n) is 5.84. The highest BCUT2D eigenvalue weighted by Gasteiger charge is 2.27. The van der Waals surface area contributed by atoms with E-state index in [1.807, 2.05) is 0 Å². The Labute approximate surface area is 81.7 Å². The molecule has 0 aliphatic carbocycles. The van der Waals surface area contributed by atoms with Gasteiger partial charge in [0, 0.05) is 25.7 Å². The molecule has 0 amide bonds. The SMILES string of the molecule is CCC1CN(CC2CCCCN2)C1. The van der Waals surface area contributed by atoms with E-state index in [4.69, 9.17) is 0 Å². The molecule has 1 unspecified atom stereocenters. The number of rotatable bonds is 3. The largest absolute Gasteiger partial charge is 0.313 e. The lowest BCUT2D eigenvalue weighted by atomic mass is 9.95. The van der Waals surface area contributed by atoms with Crippen molar-refractivity contribution in [1.29, 1.82) is 0 Å². The van der Waals surface area contributed by atoms with Crippen LogP contribution in [-0.2, 0) is 0 Å². The van der Waals surface area contributed by atoms with Crippen LogP contribution in [-0.4, -0.2) is 37.1 Å². The highest BCUT2D eigenvalue weighted by Crippen LogP contribution is 2.19. The van der Waals surface area contributed by atoms with E-state index in [9.17, 15) is 0 Å². The fraction of sp³-hybridized carbons (Fsp3) is 1.00. The third-order valence-electron chi connectivity index (χ3n) is 3.50. The molecule has 2 aliphatic rings. The Hall–Kier alpha value is -0.0800. The summed E-state index contributed by atoms with van der Waals surface area (Å²) in [5.41, 5.74) is 0. The van der Waals surface area contributed by atoms with Crippen LogP contribution in [0.2, 0.25) is 0 Å². The first-order valence-corrected chi connectivity index (χ1v) is 5.84. The summed E-state index contributed by atoms with van der Waals surface area (Å²) in [5, 5.41) is 3.61. The molecule has 2 heterocycles. The van der Waals surface area contributed by atoms with Gasteiger partial charge in [-0.05, 0) is 25.3 Å². The summed E-state index contributed by atoms with van der Waals surface area (Å²) in [4.78, 5) is 2.61. The van der Waals surface area contributed by atoms with Gasteiger partial charge in [-0.3, -0.25) is 0 Å². The second kappa shape index (κ2) is 4.43. The van der Waals surface area contributed by atoms with Gasteiger partial charge in [-0.2, -0.15) is 0 Å². The summed E-state index contributed by atoms with van der Waals surface area (Å²) in [5.74, 6) is 1.00. The van der Waals surface area contributed by atoms with E-state index < -0.39 is 0 Å². The maximum atomic E-state index is 3.61. The van der Waals surface area contributed by atoms with E-state index in [0.717, 1.165) is 12.0 Å². The van der Waals surface area contributed by atoms with Crippen LogP contribution in [0.1, 0.15) is 32.6 Å². The van der Waals surface area contributed by atoms with Crippen molar-refractivity contribution in [3.63, 3.8) is 0 Å². The Kier molecular flexibility index (Phi) is 3.23. The lowest BCUT2D eigenvalue weighted by Crippen LogP contribution is -2.52. The van der Waals surface area contributed by atoms with E-state index >= 15 is 0 Å². The minimum absolute atomic E-state index is 0.798. The molecule has 0 saturated carbocycles. The van der Waals surface area contributed by atoms with Crippen molar-refractivity contribution in [1.82, 2.24) is 10.2 Å². The van der Waals surface area contributed by atoms with Crippen LogP contribution in [0.15, 0.2) is 0 Å². The normalized spacial score (nSPS) is 31.6. The van der Waals surface area contributed by atoms with Gasteiger partial charge in [0.25, 0.3) is 0 Å². The van der Waals surface area contributed by atoms with Crippen molar-refractivity contribution < 1.29 is 0 Å². The molecule has 2 fully saturated rings. The fourth-order valence-corrected chi connectivity index (χ4v) is 2.48. The van der Waals surface area contributed by atoms with Crippen LogP contribution >= 0.6 is 0 Å². The van der Waals surface area contributed by atoms with E-state index in [-0.39, 0.29) is 0 Å². The third-order valence-corrected chi connectivity index (χ3v) is 3.50. The van der Waals surface area contributed by atoms with Gasteiger partial charge in [0.1, 0.15) is 0 Å². The topological polar surface area (TPSA) is 15.3 Å². The minimum Gasteiger partial charge on any atom is -0.313 e. The van der Waals surface area contributed by atoms with Crippen molar-refractivity contribution in [2.75, 3.05) is 26.2 Å². The average molecular weight is 182 g/mol. The van der Waals surface area contributed by atoms with Crippen LogP contribution in [0.25, 0.3) is 0 Å². The van der Waals surface area contributed by atoms with Gasteiger partial charge >= 0.3 is 0 Å². The lowest BCUT2D eigenvalue weighted by Gasteiger charge is -2.41. The van der Waals surface area contributed by atoms with Gasteiger partial charge in [0.2, 0.25) is 0 Å². The number of likely N-dealkylation sites (tertiary alicyclic amines) is 1. The molecule has 1 N–H and O–H groups in total. The van der Waals surface area contributed by atoms with Crippen LogP contribution in [0.4, 0.5) is 0 Å². The van der Waals surface area contributed by atoms with E-state index in [1.54, 1.807) is 0 Å². The van der Waals surface area contributed by atoms with Crippen molar-refractivity contribution in [3.8, 4) is 0 Å². The highest BCUT2D eigenvalue weighted by molar-refractivity contribution is 4.83. The van der Waals surface area contributed by atoms with Gasteiger partial charge < -0.3 is 10.2 Å². The summed E-state index contributed by atoms with van der Waals surface area (Å²) < 4.78 is 0. The lowest BCUT2D eigenvalue weighted by molar-refractivity contribution is 0.0816. The first-order chi connectivity index (χ1) is 6.38. The molecule has 0 radical (unpaired) electrons. The maximum Gasteiger partial charge on any atom is 0.0195 e. The molecular weight excluding hydrogens is 160 g/mol. The fourth-order valence-electron chi connectivity index (χ4n) is 2.48.